The lowest BCUT2D eigenvalue weighted by molar-refractivity contribution is 0.0922. The first-order valence-electron chi connectivity index (χ1n) is 4.65. The number of pyridine rings is 1. The molecule has 0 bridgehead atoms. The summed E-state index contributed by atoms with van der Waals surface area (Å²) in [6.07, 6.45) is 0. The molecule has 15 heavy (non-hydrogen) atoms. The van der Waals surface area contributed by atoms with E-state index in [-0.39, 0.29) is 24.1 Å². The quantitative estimate of drug-likeness (QED) is 0.645. The second-order valence-electron chi connectivity index (χ2n) is 3.47. The molecule has 0 saturated carbocycles. The van der Waals surface area contributed by atoms with E-state index in [1.54, 1.807) is 19.9 Å². The first kappa shape index (κ1) is 11.5. The zero-order valence-corrected chi connectivity index (χ0v) is 8.70. The van der Waals surface area contributed by atoms with Crippen molar-refractivity contribution >= 4 is 5.91 Å². The summed E-state index contributed by atoms with van der Waals surface area (Å²) < 4.78 is 0. The fourth-order valence-corrected chi connectivity index (χ4v) is 1.17. The molecule has 5 heteroatoms. The molecule has 0 aliphatic rings. The number of amides is 1. The predicted octanol–water partition coefficient (Wildman–Crippen LogP) is -0.206. The zero-order chi connectivity index (χ0) is 11.4. The Morgan fingerprint density at radius 1 is 1.60 bits per heavy atom. The number of H-pyrrole nitrogens is 1. The average Bonchev–Trinajstić information content (AvgIpc) is 2.16. The standard InChI is InChI=1S/C10H14N2O3/c1-6-3-8(4-9(14)11-6)10(15)12-7(2)5-13/h3-4,7,13H,5H2,1-2H3,(H,11,14)(H,12,15). The van der Waals surface area contributed by atoms with Crippen LogP contribution in [0.15, 0.2) is 16.9 Å². The molecule has 0 aliphatic heterocycles. The average molecular weight is 210 g/mol. The first-order chi connectivity index (χ1) is 7.02. The zero-order valence-electron chi connectivity index (χ0n) is 8.70. The Morgan fingerprint density at radius 3 is 2.80 bits per heavy atom. The molecule has 0 radical (unpaired) electrons. The highest BCUT2D eigenvalue weighted by molar-refractivity contribution is 5.94. The molecule has 0 aliphatic carbocycles. The van der Waals surface area contributed by atoms with Crippen LogP contribution >= 0.6 is 0 Å². The molecular weight excluding hydrogens is 196 g/mol. The van der Waals surface area contributed by atoms with E-state index in [0.29, 0.717) is 11.3 Å². The van der Waals surface area contributed by atoms with Crippen LogP contribution < -0.4 is 10.9 Å². The van der Waals surface area contributed by atoms with E-state index in [4.69, 9.17) is 5.11 Å². The Kier molecular flexibility index (Phi) is 3.62. The first-order valence-corrected chi connectivity index (χ1v) is 4.65. The van der Waals surface area contributed by atoms with Crippen molar-refractivity contribution in [2.75, 3.05) is 6.61 Å². The molecule has 1 heterocycles. The lowest BCUT2D eigenvalue weighted by Crippen LogP contribution is -2.35. The normalized spacial score (nSPS) is 12.2. The molecule has 82 valence electrons. The Hall–Kier alpha value is -1.62. The topological polar surface area (TPSA) is 82.2 Å². The monoisotopic (exact) mass is 210 g/mol. The maximum atomic E-state index is 11.5. The molecule has 0 aromatic carbocycles. The number of nitrogens with one attached hydrogen (secondary N) is 2. The van der Waals surface area contributed by atoms with Crippen LogP contribution in [0.5, 0.6) is 0 Å². The second kappa shape index (κ2) is 4.75. The van der Waals surface area contributed by atoms with Gasteiger partial charge in [0, 0.05) is 23.4 Å². The third-order valence-corrected chi connectivity index (χ3v) is 1.89. The number of aromatic nitrogens is 1. The number of carbonyl (C=O) groups excluding carboxylic acids is 1. The lowest BCUT2D eigenvalue weighted by atomic mass is 10.2. The third-order valence-electron chi connectivity index (χ3n) is 1.89. The van der Waals surface area contributed by atoms with Gasteiger partial charge in [-0.1, -0.05) is 0 Å². The van der Waals surface area contributed by atoms with Crippen molar-refractivity contribution in [2.45, 2.75) is 19.9 Å². The summed E-state index contributed by atoms with van der Waals surface area (Å²) in [6, 6.07) is 2.49. The highest BCUT2D eigenvalue weighted by Gasteiger charge is 2.09. The Morgan fingerprint density at radius 2 is 2.27 bits per heavy atom. The van der Waals surface area contributed by atoms with Gasteiger partial charge in [0.25, 0.3) is 5.91 Å². The number of hydrogen-bond acceptors (Lipinski definition) is 3. The number of aromatic amines is 1. The number of aliphatic hydroxyl groups excluding tert-OH is 1. The van der Waals surface area contributed by atoms with E-state index in [1.807, 2.05) is 0 Å². The summed E-state index contributed by atoms with van der Waals surface area (Å²) >= 11 is 0. The molecular formula is C10H14N2O3. The van der Waals surface area contributed by atoms with Crippen molar-refractivity contribution < 1.29 is 9.90 Å². The molecule has 3 N–H and O–H groups in total. The number of rotatable bonds is 3. The molecule has 5 nitrogen and oxygen atoms in total. The van der Waals surface area contributed by atoms with Crippen LogP contribution in [0.2, 0.25) is 0 Å². The van der Waals surface area contributed by atoms with E-state index in [2.05, 4.69) is 10.3 Å². The summed E-state index contributed by atoms with van der Waals surface area (Å²) in [5, 5.41) is 11.3. The molecule has 1 aromatic heterocycles. The van der Waals surface area contributed by atoms with Gasteiger partial charge in [0.2, 0.25) is 5.56 Å². The molecule has 0 spiro atoms. The van der Waals surface area contributed by atoms with Crippen LogP contribution in [0.3, 0.4) is 0 Å². The van der Waals surface area contributed by atoms with E-state index in [9.17, 15) is 9.59 Å². The maximum absolute atomic E-state index is 11.5. The van der Waals surface area contributed by atoms with Crippen LogP contribution in [0.1, 0.15) is 23.0 Å². The fraction of sp³-hybridized carbons (Fsp3) is 0.400. The fourth-order valence-electron chi connectivity index (χ4n) is 1.17. The number of carbonyl (C=O) groups is 1. The summed E-state index contributed by atoms with van der Waals surface area (Å²) in [5.41, 5.74) is 0.623. The number of aryl methyl sites for hydroxylation is 1. The third kappa shape index (κ3) is 3.21. The van der Waals surface area contributed by atoms with Gasteiger partial charge in [0.05, 0.1) is 6.61 Å². The minimum absolute atomic E-state index is 0.131. The van der Waals surface area contributed by atoms with Gasteiger partial charge in [0.1, 0.15) is 0 Å². The second-order valence-corrected chi connectivity index (χ2v) is 3.47. The van der Waals surface area contributed by atoms with E-state index in [0.717, 1.165) is 0 Å². The van der Waals surface area contributed by atoms with E-state index >= 15 is 0 Å². The Bertz CT molecular complexity index is 411. The maximum Gasteiger partial charge on any atom is 0.251 e. The molecule has 0 saturated heterocycles. The summed E-state index contributed by atoms with van der Waals surface area (Å²) in [5.74, 6) is -0.356. The number of aliphatic hydroxyl groups is 1. The Labute approximate surface area is 87.1 Å². The highest BCUT2D eigenvalue weighted by Crippen LogP contribution is 1.98. The molecule has 1 atom stereocenters. The van der Waals surface area contributed by atoms with Gasteiger partial charge in [-0.05, 0) is 19.9 Å². The largest absolute Gasteiger partial charge is 0.394 e. The van der Waals surface area contributed by atoms with Crippen molar-refractivity contribution in [3.8, 4) is 0 Å². The van der Waals surface area contributed by atoms with Crippen molar-refractivity contribution in [1.82, 2.24) is 10.3 Å². The van der Waals surface area contributed by atoms with Gasteiger partial charge < -0.3 is 15.4 Å². The van der Waals surface area contributed by atoms with Crippen LogP contribution in [-0.2, 0) is 0 Å². The Balaban J connectivity index is 2.87. The molecule has 1 amide bonds. The summed E-state index contributed by atoms with van der Waals surface area (Å²) in [6.45, 7) is 3.25. The summed E-state index contributed by atoms with van der Waals surface area (Å²) in [4.78, 5) is 25.2. The SMILES string of the molecule is Cc1cc(C(=O)NC(C)CO)cc(=O)[nH]1. The van der Waals surface area contributed by atoms with Crippen molar-refractivity contribution in [3.63, 3.8) is 0 Å². The predicted molar refractivity (Wildman–Crippen MR) is 55.8 cm³/mol. The minimum atomic E-state index is -0.356. The van der Waals surface area contributed by atoms with Crippen molar-refractivity contribution in [2.24, 2.45) is 0 Å². The van der Waals surface area contributed by atoms with Crippen LogP contribution in [0, 0.1) is 6.92 Å². The summed E-state index contributed by atoms with van der Waals surface area (Å²) in [7, 11) is 0. The molecule has 1 rings (SSSR count). The van der Waals surface area contributed by atoms with Crippen LogP contribution in [-0.4, -0.2) is 28.6 Å². The minimum Gasteiger partial charge on any atom is -0.394 e. The van der Waals surface area contributed by atoms with Gasteiger partial charge in [-0.2, -0.15) is 0 Å². The van der Waals surface area contributed by atoms with Crippen molar-refractivity contribution in [3.05, 3.63) is 33.7 Å². The van der Waals surface area contributed by atoms with Crippen LogP contribution in [0.25, 0.3) is 0 Å². The van der Waals surface area contributed by atoms with Gasteiger partial charge in [-0.15, -0.1) is 0 Å². The highest BCUT2D eigenvalue weighted by atomic mass is 16.3. The van der Waals surface area contributed by atoms with E-state index in [1.165, 1.54) is 6.07 Å². The lowest BCUT2D eigenvalue weighted by Gasteiger charge is -2.10. The van der Waals surface area contributed by atoms with Gasteiger partial charge >= 0.3 is 0 Å². The number of hydrogen-bond donors (Lipinski definition) is 3. The van der Waals surface area contributed by atoms with Gasteiger partial charge in [0.15, 0.2) is 0 Å². The van der Waals surface area contributed by atoms with Crippen LogP contribution in [0.4, 0.5) is 0 Å². The van der Waals surface area contributed by atoms with Gasteiger partial charge in [-0.3, -0.25) is 9.59 Å². The molecule has 1 aromatic rings. The molecule has 1 unspecified atom stereocenters. The molecule has 0 fully saturated rings. The van der Waals surface area contributed by atoms with Gasteiger partial charge in [-0.25, -0.2) is 0 Å². The smallest absolute Gasteiger partial charge is 0.251 e. The van der Waals surface area contributed by atoms with E-state index < -0.39 is 0 Å². The van der Waals surface area contributed by atoms with Crippen molar-refractivity contribution in [1.29, 1.82) is 0 Å².